The molecule has 0 saturated heterocycles. The van der Waals surface area contributed by atoms with Crippen LogP contribution in [0.25, 0.3) is 0 Å². The van der Waals surface area contributed by atoms with E-state index >= 15 is 0 Å². The highest BCUT2D eigenvalue weighted by molar-refractivity contribution is 5.39. The van der Waals surface area contributed by atoms with Gasteiger partial charge >= 0.3 is 0 Å². The number of hydrogen-bond acceptors (Lipinski definition) is 2. The zero-order chi connectivity index (χ0) is 13.8. The molecule has 3 heteroatoms. The maximum atomic E-state index is 13.5. The van der Waals surface area contributed by atoms with E-state index in [-0.39, 0.29) is 18.5 Å². The first-order valence-corrected chi connectivity index (χ1v) is 6.30. The van der Waals surface area contributed by atoms with E-state index in [1.807, 2.05) is 32.0 Å². The highest BCUT2D eigenvalue weighted by Gasteiger charge is 2.09. The average Bonchev–Trinajstić information content (AvgIpc) is 2.38. The minimum Gasteiger partial charge on any atom is -0.488 e. The second kappa shape index (κ2) is 5.85. The number of halogens is 1. The van der Waals surface area contributed by atoms with Gasteiger partial charge in [-0.1, -0.05) is 35.9 Å². The molecule has 19 heavy (non-hydrogen) atoms. The Morgan fingerprint density at radius 1 is 1.21 bits per heavy atom. The monoisotopic (exact) mass is 259 g/mol. The van der Waals surface area contributed by atoms with Crippen molar-refractivity contribution in [1.29, 1.82) is 0 Å². The molecule has 0 saturated carbocycles. The van der Waals surface area contributed by atoms with E-state index in [4.69, 9.17) is 10.5 Å². The number of hydrogen-bond donors (Lipinski definition) is 1. The molecular weight excluding hydrogens is 241 g/mol. The predicted molar refractivity (Wildman–Crippen MR) is 74.5 cm³/mol. The molecule has 2 aromatic carbocycles. The zero-order valence-corrected chi connectivity index (χ0v) is 11.2. The third-order valence-corrected chi connectivity index (χ3v) is 3.00. The molecule has 2 N–H and O–H groups in total. The van der Waals surface area contributed by atoms with Crippen molar-refractivity contribution in [1.82, 2.24) is 0 Å². The van der Waals surface area contributed by atoms with Crippen LogP contribution in [0.4, 0.5) is 4.39 Å². The van der Waals surface area contributed by atoms with Crippen LogP contribution in [-0.4, -0.2) is 0 Å². The van der Waals surface area contributed by atoms with E-state index in [0.29, 0.717) is 11.3 Å². The minimum absolute atomic E-state index is 0.115. The van der Waals surface area contributed by atoms with Crippen LogP contribution in [0.2, 0.25) is 0 Å². The normalized spacial score (nSPS) is 12.2. The molecule has 0 amide bonds. The third-order valence-electron chi connectivity index (χ3n) is 3.00. The summed E-state index contributed by atoms with van der Waals surface area (Å²) in [5.74, 6) is 0.459. The van der Waals surface area contributed by atoms with E-state index < -0.39 is 0 Å². The molecule has 0 spiro atoms. The summed E-state index contributed by atoms with van der Waals surface area (Å²) in [5, 5.41) is 0. The zero-order valence-electron chi connectivity index (χ0n) is 11.2. The molecule has 0 fully saturated rings. The fourth-order valence-electron chi connectivity index (χ4n) is 1.93. The van der Waals surface area contributed by atoms with Gasteiger partial charge in [0, 0.05) is 17.2 Å². The molecule has 0 aromatic heterocycles. The van der Waals surface area contributed by atoms with Gasteiger partial charge < -0.3 is 10.5 Å². The van der Waals surface area contributed by atoms with E-state index in [2.05, 4.69) is 0 Å². The topological polar surface area (TPSA) is 35.2 Å². The Morgan fingerprint density at radius 3 is 2.63 bits per heavy atom. The van der Waals surface area contributed by atoms with E-state index in [0.717, 1.165) is 11.1 Å². The molecule has 100 valence electrons. The maximum Gasteiger partial charge on any atom is 0.129 e. The molecule has 0 bridgehead atoms. The Bertz CT molecular complexity index is 566. The van der Waals surface area contributed by atoms with Gasteiger partial charge in [0.25, 0.3) is 0 Å². The number of rotatable bonds is 4. The van der Waals surface area contributed by atoms with Crippen LogP contribution in [0.1, 0.15) is 29.7 Å². The van der Waals surface area contributed by atoms with E-state index in [1.54, 1.807) is 18.2 Å². The number of benzene rings is 2. The van der Waals surface area contributed by atoms with Crippen LogP contribution < -0.4 is 10.5 Å². The van der Waals surface area contributed by atoms with Gasteiger partial charge in [-0.25, -0.2) is 4.39 Å². The summed E-state index contributed by atoms with van der Waals surface area (Å²) in [4.78, 5) is 0. The van der Waals surface area contributed by atoms with Crippen molar-refractivity contribution >= 4 is 0 Å². The summed E-state index contributed by atoms with van der Waals surface area (Å²) in [6.07, 6.45) is 0. The van der Waals surface area contributed by atoms with Crippen molar-refractivity contribution in [3.63, 3.8) is 0 Å². The molecule has 0 radical (unpaired) electrons. The lowest BCUT2D eigenvalue weighted by Crippen LogP contribution is -2.08. The minimum atomic E-state index is -0.253. The van der Waals surface area contributed by atoms with Crippen LogP contribution >= 0.6 is 0 Å². The van der Waals surface area contributed by atoms with Crippen molar-refractivity contribution in [2.24, 2.45) is 5.73 Å². The van der Waals surface area contributed by atoms with Crippen LogP contribution in [0.5, 0.6) is 5.75 Å². The van der Waals surface area contributed by atoms with Crippen LogP contribution in [-0.2, 0) is 6.61 Å². The SMILES string of the molecule is Cc1ccc(OCc2ccccc2F)c([C@H](C)N)c1. The van der Waals surface area contributed by atoms with Crippen molar-refractivity contribution in [3.8, 4) is 5.75 Å². The average molecular weight is 259 g/mol. The summed E-state index contributed by atoms with van der Waals surface area (Å²) >= 11 is 0. The Balaban J connectivity index is 2.18. The van der Waals surface area contributed by atoms with Gasteiger partial charge in [-0.15, -0.1) is 0 Å². The second-order valence-electron chi connectivity index (χ2n) is 4.71. The summed E-state index contributed by atoms with van der Waals surface area (Å²) in [6.45, 7) is 4.12. The number of ether oxygens (including phenoxy) is 1. The van der Waals surface area contributed by atoms with Gasteiger partial charge in [0.2, 0.25) is 0 Å². The first-order valence-electron chi connectivity index (χ1n) is 6.30. The first kappa shape index (κ1) is 13.6. The van der Waals surface area contributed by atoms with Gasteiger partial charge in [0.1, 0.15) is 18.2 Å². The van der Waals surface area contributed by atoms with Crippen LogP contribution in [0.3, 0.4) is 0 Å². The smallest absolute Gasteiger partial charge is 0.129 e. The van der Waals surface area contributed by atoms with E-state index in [1.165, 1.54) is 6.07 Å². The number of aryl methyl sites for hydroxylation is 1. The van der Waals surface area contributed by atoms with Crippen LogP contribution in [0, 0.1) is 12.7 Å². The third kappa shape index (κ3) is 3.32. The first-order chi connectivity index (χ1) is 9.08. The Hall–Kier alpha value is -1.87. The molecule has 2 rings (SSSR count). The predicted octanol–water partition coefficient (Wildman–Crippen LogP) is 3.73. The van der Waals surface area contributed by atoms with Gasteiger partial charge in [0.05, 0.1) is 0 Å². The van der Waals surface area contributed by atoms with Crippen molar-refractivity contribution < 1.29 is 9.13 Å². The molecule has 2 nitrogen and oxygen atoms in total. The van der Waals surface area contributed by atoms with Crippen LogP contribution in [0.15, 0.2) is 42.5 Å². The molecule has 0 heterocycles. The largest absolute Gasteiger partial charge is 0.488 e. The Labute approximate surface area is 113 Å². The summed E-state index contributed by atoms with van der Waals surface area (Å²) < 4.78 is 19.2. The van der Waals surface area contributed by atoms with Gasteiger partial charge in [0.15, 0.2) is 0 Å². The van der Waals surface area contributed by atoms with Gasteiger partial charge in [-0.05, 0) is 26.0 Å². The molecular formula is C16H18FNO. The standard InChI is InChI=1S/C16H18FNO/c1-11-7-8-16(14(9-11)12(2)18)19-10-13-5-3-4-6-15(13)17/h3-9,12H,10,18H2,1-2H3/t12-/m0/s1. The fraction of sp³-hybridized carbons (Fsp3) is 0.250. The Morgan fingerprint density at radius 2 is 1.95 bits per heavy atom. The van der Waals surface area contributed by atoms with Gasteiger partial charge in [-0.2, -0.15) is 0 Å². The molecule has 0 unspecified atom stereocenters. The molecule has 2 aromatic rings. The summed E-state index contributed by atoms with van der Waals surface area (Å²) in [5.41, 5.74) is 8.54. The van der Waals surface area contributed by atoms with Crippen molar-refractivity contribution in [2.45, 2.75) is 26.5 Å². The molecule has 1 atom stereocenters. The lowest BCUT2D eigenvalue weighted by atomic mass is 10.1. The molecule has 0 aliphatic rings. The van der Waals surface area contributed by atoms with Crippen molar-refractivity contribution in [3.05, 3.63) is 65.0 Å². The summed E-state index contributed by atoms with van der Waals surface area (Å²) in [6, 6.07) is 12.3. The Kier molecular flexibility index (Phi) is 4.17. The fourth-order valence-corrected chi connectivity index (χ4v) is 1.93. The van der Waals surface area contributed by atoms with E-state index in [9.17, 15) is 4.39 Å². The second-order valence-corrected chi connectivity index (χ2v) is 4.71. The lowest BCUT2D eigenvalue weighted by molar-refractivity contribution is 0.295. The quantitative estimate of drug-likeness (QED) is 0.908. The highest BCUT2D eigenvalue weighted by atomic mass is 19.1. The maximum absolute atomic E-state index is 13.5. The number of nitrogens with two attached hydrogens (primary N) is 1. The molecule has 0 aliphatic heterocycles. The van der Waals surface area contributed by atoms with Gasteiger partial charge in [-0.3, -0.25) is 0 Å². The summed E-state index contributed by atoms with van der Waals surface area (Å²) in [7, 11) is 0. The highest BCUT2D eigenvalue weighted by Crippen LogP contribution is 2.26. The lowest BCUT2D eigenvalue weighted by Gasteiger charge is -2.15. The van der Waals surface area contributed by atoms with Crippen molar-refractivity contribution in [2.75, 3.05) is 0 Å². The molecule has 0 aliphatic carbocycles.